The molecule has 0 amide bonds. The molecule has 1 aliphatic rings. The number of hydrogen-bond acceptors (Lipinski definition) is 4. The standard InChI is InChI=1S/C13H14F3N3O/c14-13(15,16)7-9-8-19(5-4-17-9)12-10-2-6-20-11(10)1-3-18-12/h1-3,6,9,17H,4-5,7-8H2. The van der Waals surface area contributed by atoms with E-state index in [1.165, 1.54) is 0 Å². The first kappa shape index (κ1) is 13.2. The van der Waals surface area contributed by atoms with Gasteiger partial charge in [0.15, 0.2) is 0 Å². The van der Waals surface area contributed by atoms with Crippen molar-refractivity contribution in [1.29, 1.82) is 0 Å². The summed E-state index contributed by atoms with van der Waals surface area (Å²) in [5.74, 6) is 0.685. The number of rotatable bonds is 2. The predicted molar refractivity (Wildman–Crippen MR) is 68.7 cm³/mol. The van der Waals surface area contributed by atoms with Gasteiger partial charge < -0.3 is 14.6 Å². The van der Waals surface area contributed by atoms with E-state index in [0.29, 0.717) is 24.5 Å². The molecule has 0 aromatic carbocycles. The lowest BCUT2D eigenvalue weighted by Crippen LogP contribution is -2.52. The molecule has 0 saturated carbocycles. The monoisotopic (exact) mass is 285 g/mol. The topological polar surface area (TPSA) is 41.3 Å². The van der Waals surface area contributed by atoms with Crippen LogP contribution < -0.4 is 10.2 Å². The van der Waals surface area contributed by atoms with E-state index >= 15 is 0 Å². The highest BCUT2D eigenvalue weighted by atomic mass is 19.4. The Balaban J connectivity index is 1.81. The van der Waals surface area contributed by atoms with Crippen LogP contribution in [-0.4, -0.2) is 36.8 Å². The van der Waals surface area contributed by atoms with E-state index in [9.17, 15) is 13.2 Å². The van der Waals surface area contributed by atoms with Crippen LogP contribution in [0.5, 0.6) is 0 Å². The molecule has 0 radical (unpaired) electrons. The van der Waals surface area contributed by atoms with Crippen molar-refractivity contribution in [2.75, 3.05) is 24.5 Å². The van der Waals surface area contributed by atoms with Gasteiger partial charge in [0.25, 0.3) is 0 Å². The van der Waals surface area contributed by atoms with Crippen LogP contribution >= 0.6 is 0 Å². The van der Waals surface area contributed by atoms with Crippen LogP contribution in [-0.2, 0) is 0 Å². The normalized spacial score (nSPS) is 20.6. The number of piperazine rings is 1. The summed E-state index contributed by atoms with van der Waals surface area (Å²) in [4.78, 5) is 6.17. The van der Waals surface area contributed by atoms with Crippen molar-refractivity contribution in [3.63, 3.8) is 0 Å². The smallest absolute Gasteiger partial charge is 0.390 e. The van der Waals surface area contributed by atoms with Gasteiger partial charge in [0.1, 0.15) is 11.4 Å². The summed E-state index contributed by atoms with van der Waals surface area (Å²) in [6.45, 7) is 1.43. The van der Waals surface area contributed by atoms with Crippen molar-refractivity contribution in [3.05, 3.63) is 24.6 Å². The van der Waals surface area contributed by atoms with E-state index in [1.54, 1.807) is 24.6 Å². The third kappa shape index (κ3) is 2.72. The van der Waals surface area contributed by atoms with Gasteiger partial charge in [-0.2, -0.15) is 13.2 Å². The van der Waals surface area contributed by atoms with Crippen molar-refractivity contribution in [2.45, 2.75) is 18.6 Å². The largest absolute Gasteiger partial charge is 0.464 e. The lowest BCUT2D eigenvalue weighted by atomic mass is 10.1. The average Bonchev–Trinajstić information content (AvgIpc) is 2.85. The maximum Gasteiger partial charge on any atom is 0.390 e. The SMILES string of the molecule is FC(F)(F)CC1CN(c2nccc3occc23)CCN1. The number of alkyl halides is 3. The van der Waals surface area contributed by atoms with Crippen LogP contribution in [0.1, 0.15) is 6.42 Å². The Hall–Kier alpha value is -1.76. The molecule has 3 rings (SSSR count). The maximum absolute atomic E-state index is 12.5. The molecule has 0 aliphatic carbocycles. The summed E-state index contributed by atoms with van der Waals surface area (Å²) in [5.41, 5.74) is 0.695. The van der Waals surface area contributed by atoms with E-state index in [-0.39, 0.29) is 6.54 Å². The molecule has 1 fully saturated rings. The Morgan fingerprint density at radius 1 is 1.40 bits per heavy atom. The molecule has 1 atom stereocenters. The van der Waals surface area contributed by atoms with Crippen molar-refractivity contribution in [3.8, 4) is 0 Å². The number of nitrogens with zero attached hydrogens (tertiary/aromatic N) is 2. The van der Waals surface area contributed by atoms with Gasteiger partial charge in [-0.1, -0.05) is 0 Å². The lowest BCUT2D eigenvalue weighted by molar-refractivity contribution is -0.139. The molecule has 4 nitrogen and oxygen atoms in total. The number of nitrogens with one attached hydrogen (secondary N) is 1. The molecule has 0 bridgehead atoms. The lowest BCUT2D eigenvalue weighted by Gasteiger charge is -2.35. The number of hydrogen-bond donors (Lipinski definition) is 1. The van der Waals surface area contributed by atoms with Crippen LogP contribution in [0.3, 0.4) is 0 Å². The summed E-state index contributed by atoms with van der Waals surface area (Å²) in [6.07, 6.45) is -1.81. The summed E-state index contributed by atoms with van der Waals surface area (Å²) in [7, 11) is 0. The van der Waals surface area contributed by atoms with Gasteiger partial charge in [0.05, 0.1) is 18.1 Å². The molecule has 2 aromatic heterocycles. The second-order valence-electron chi connectivity index (χ2n) is 4.88. The zero-order valence-electron chi connectivity index (χ0n) is 10.7. The molecule has 108 valence electrons. The van der Waals surface area contributed by atoms with Gasteiger partial charge in [-0.3, -0.25) is 0 Å². The molecular formula is C13H14F3N3O. The fraction of sp³-hybridized carbons (Fsp3) is 0.462. The fourth-order valence-electron chi connectivity index (χ4n) is 2.57. The Labute approximate surface area is 113 Å². The Morgan fingerprint density at radius 3 is 3.05 bits per heavy atom. The summed E-state index contributed by atoms with van der Waals surface area (Å²) < 4.78 is 42.7. The third-order valence-corrected chi connectivity index (χ3v) is 3.39. The summed E-state index contributed by atoms with van der Waals surface area (Å²) >= 11 is 0. The van der Waals surface area contributed by atoms with Crippen LogP contribution in [0.15, 0.2) is 29.0 Å². The average molecular weight is 285 g/mol. The number of anilines is 1. The zero-order valence-corrected chi connectivity index (χ0v) is 10.7. The van der Waals surface area contributed by atoms with Gasteiger partial charge in [0, 0.05) is 31.9 Å². The van der Waals surface area contributed by atoms with Crippen LogP contribution in [0.25, 0.3) is 11.0 Å². The minimum Gasteiger partial charge on any atom is -0.464 e. The van der Waals surface area contributed by atoms with Crippen molar-refractivity contribution >= 4 is 16.8 Å². The summed E-state index contributed by atoms with van der Waals surface area (Å²) in [6, 6.07) is 2.93. The minimum absolute atomic E-state index is 0.288. The molecule has 1 N–H and O–H groups in total. The molecule has 7 heteroatoms. The van der Waals surface area contributed by atoms with E-state index in [4.69, 9.17) is 4.42 Å². The number of pyridine rings is 1. The first-order valence-corrected chi connectivity index (χ1v) is 6.40. The number of fused-ring (bicyclic) bond motifs is 1. The second kappa shape index (κ2) is 4.97. The van der Waals surface area contributed by atoms with Gasteiger partial charge in [-0.25, -0.2) is 4.98 Å². The van der Waals surface area contributed by atoms with E-state index < -0.39 is 18.6 Å². The van der Waals surface area contributed by atoms with Crippen molar-refractivity contribution in [2.24, 2.45) is 0 Å². The molecule has 1 saturated heterocycles. The number of halogens is 3. The fourth-order valence-corrected chi connectivity index (χ4v) is 2.57. The molecule has 0 spiro atoms. The highest BCUT2D eigenvalue weighted by Crippen LogP contribution is 2.28. The minimum atomic E-state index is -4.16. The van der Waals surface area contributed by atoms with Gasteiger partial charge in [0.2, 0.25) is 0 Å². The van der Waals surface area contributed by atoms with E-state index in [2.05, 4.69) is 10.3 Å². The first-order chi connectivity index (χ1) is 9.53. The highest BCUT2D eigenvalue weighted by molar-refractivity contribution is 5.88. The molecule has 2 aromatic rings. The molecule has 20 heavy (non-hydrogen) atoms. The van der Waals surface area contributed by atoms with Crippen molar-refractivity contribution in [1.82, 2.24) is 10.3 Å². The number of aromatic nitrogens is 1. The van der Waals surface area contributed by atoms with Crippen LogP contribution in [0.4, 0.5) is 19.0 Å². The van der Waals surface area contributed by atoms with Gasteiger partial charge in [-0.05, 0) is 12.1 Å². The summed E-state index contributed by atoms with van der Waals surface area (Å²) in [5, 5.41) is 3.74. The van der Waals surface area contributed by atoms with Gasteiger partial charge >= 0.3 is 6.18 Å². The van der Waals surface area contributed by atoms with Gasteiger partial charge in [-0.15, -0.1) is 0 Å². The first-order valence-electron chi connectivity index (χ1n) is 6.40. The number of furan rings is 1. The molecule has 1 unspecified atom stereocenters. The Bertz CT molecular complexity index is 596. The molecule has 1 aliphatic heterocycles. The highest BCUT2D eigenvalue weighted by Gasteiger charge is 2.34. The quantitative estimate of drug-likeness (QED) is 0.920. The van der Waals surface area contributed by atoms with E-state index in [0.717, 1.165) is 5.39 Å². The second-order valence-corrected chi connectivity index (χ2v) is 4.88. The van der Waals surface area contributed by atoms with E-state index in [1.807, 2.05) is 4.90 Å². The third-order valence-electron chi connectivity index (χ3n) is 3.39. The molecular weight excluding hydrogens is 271 g/mol. The predicted octanol–water partition coefficient (Wildman–Crippen LogP) is 2.56. The Morgan fingerprint density at radius 2 is 2.25 bits per heavy atom. The zero-order chi connectivity index (χ0) is 14.2. The molecule has 3 heterocycles. The maximum atomic E-state index is 12.5. The Kier molecular flexibility index (Phi) is 3.29. The van der Waals surface area contributed by atoms with Crippen LogP contribution in [0.2, 0.25) is 0 Å². The van der Waals surface area contributed by atoms with Crippen molar-refractivity contribution < 1.29 is 17.6 Å². The van der Waals surface area contributed by atoms with Crippen LogP contribution in [0, 0.1) is 0 Å².